The summed E-state index contributed by atoms with van der Waals surface area (Å²) < 4.78 is 41.8. The number of aromatic nitrogens is 1. The quantitative estimate of drug-likeness (QED) is 0.237. The highest BCUT2D eigenvalue weighted by molar-refractivity contribution is 7.97. The van der Waals surface area contributed by atoms with Gasteiger partial charge in [0.05, 0.1) is 42.1 Å². The standard InChI is InChI=1S/C25H31FN4O4S2/c1-4-17-16-20-21(24(31)27-2)22(18-6-8-19(26)9-7-18)34-25(20)28-23(17)30(36(3)32)10-5-15-35-29-11-13-33-14-12-29/h6-9,16H,4-5,10-15H2,1-3H3,(H,27,31). The van der Waals surface area contributed by atoms with Gasteiger partial charge in [-0.1, -0.05) is 18.9 Å². The number of ether oxygens (including phenoxy) is 1. The van der Waals surface area contributed by atoms with Gasteiger partial charge >= 0.3 is 0 Å². The van der Waals surface area contributed by atoms with Gasteiger partial charge in [-0.05, 0) is 48.7 Å². The molecule has 0 aliphatic carbocycles. The van der Waals surface area contributed by atoms with Crippen LogP contribution in [0, 0.1) is 5.82 Å². The van der Waals surface area contributed by atoms with E-state index in [-0.39, 0.29) is 17.4 Å². The number of rotatable bonds is 10. The fourth-order valence-corrected chi connectivity index (χ4v) is 5.83. The van der Waals surface area contributed by atoms with Crippen LogP contribution in [-0.4, -0.2) is 71.7 Å². The van der Waals surface area contributed by atoms with Crippen LogP contribution in [0.1, 0.15) is 29.3 Å². The smallest absolute Gasteiger partial charge is 0.255 e. The Labute approximate surface area is 218 Å². The number of amides is 1. The zero-order valence-corrected chi connectivity index (χ0v) is 22.3. The molecule has 0 spiro atoms. The minimum Gasteiger partial charge on any atom is -0.593 e. The Morgan fingerprint density at radius 2 is 2.03 bits per heavy atom. The molecule has 11 heteroatoms. The predicted octanol–water partition coefficient (Wildman–Crippen LogP) is 4.03. The van der Waals surface area contributed by atoms with Crippen molar-refractivity contribution in [1.29, 1.82) is 0 Å². The molecule has 2 aromatic heterocycles. The largest absolute Gasteiger partial charge is 0.593 e. The van der Waals surface area contributed by atoms with E-state index in [0.717, 1.165) is 44.0 Å². The fraction of sp³-hybridized carbons (Fsp3) is 0.440. The van der Waals surface area contributed by atoms with E-state index in [2.05, 4.69) is 9.62 Å². The Bertz CT molecular complexity index is 1180. The van der Waals surface area contributed by atoms with Crippen LogP contribution in [0.4, 0.5) is 10.2 Å². The molecular weight excluding hydrogens is 503 g/mol. The summed E-state index contributed by atoms with van der Waals surface area (Å²) in [6.07, 6.45) is 3.11. The minimum absolute atomic E-state index is 0.276. The first-order chi connectivity index (χ1) is 17.4. The number of hydrogen-bond acceptors (Lipinski definition) is 8. The molecule has 0 bridgehead atoms. The first kappa shape index (κ1) is 26.7. The maximum Gasteiger partial charge on any atom is 0.255 e. The number of nitrogens with one attached hydrogen (secondary N) is 1. The molecule has 1 aliphatic rings. The van der Waals surface area contributed by atoms with Gasteiger partial charge in [-0.25, -0.2) is 8.70 Å². The van der Waals surface area contributed by atoms with Crippen LogP contribution < -0.4 is 9.62 Å². The SMILES string of the molecule is CCc1cc2c(C(=O)NC)c(-c3ccc(F)cc3)oc2nc1N(CCCSN1CCOCC1)[S+](C)[O-]. The van der Waals surface area contributed by atoms with Crippen molar-refractivity contribution >= 4 is 46.1 Å². The molecule has 1 atom stereocenters. The van der Waals surface area contributed by atoms with E-state index >= 15 is 0 Å². The van der Waals surface area contributed by atoms with Gasteiger partial charge in [0.25, 0.3) is 5.91 Å². The van der Waals surface area contributed by atoms with E-state index in [9.17, 15) is 13.7 Å². The van der Waals surface area contributed by atoms with Crippen molar-refractivity contribution in [3.63, 3.8) is 0 Å². The van der Waals surface area contributed by atoms with E-state index in [1.54, 1.807) is 41.7 Å². The molecule has 36 heavy (non-hydrogen) atoms. The first-order valence-electron chi connectivity index (χ1n) is 11.9. The molecule has 1 amide bonds. The topological polar surface area (TPSA) is 93.9 Å². The van der Waals surface area contributed by atoms with Gasteiger partial charge in [-0.15, -0.1) is 0 Å². The van der Waals surface area contributed by atoms with Crippen LogP contribution in [0.5, 0.6) is 0 Å². The molecule has 3 heterocycles. The predicted molar refractivity (Wildman–Crippen MR) is 143 cm³/mol. The van der Waals surface area contributed by atoms with Gasteiger partial charge in [-0.3, -0.25) is 4.79 Å². The molecule has 0 saturated carbocycles. The molecule has 3 aromatic rings. The van der Waals surface area contributed by atoms with Gasteiger partial charge in [0.15, 0.2) is 5.82 Å². The maximum atomic E-state index is 13.5. The molecule has 1 saturated heterocycles. The number of aryl methyl sites for hydroxylation is 1. The highest BCUT2D eigenvalue weighted by Gasteiger charge is 2.27. The van der Waals surface area contributed by atoms with E-state index < -0.39 is 11.4 Å². The normalized spacial score (nSPS) is 15.2. The second-order valence-corrected chi connectivity index (χ2v) is 10.8. The molecule has 194 valence electrons. The van der Waals surface area contributed by atoms with Crippen molar-refractivity contribution in [3.8, 4) is 11.3 Å². The van der Waals surface area contributed by atoms with Crippen molar-refractivity contribution < 1.29 is 22.9 Å². The lowest BCUT2D eigenvalue weighted by Crippen LogP contribution is -2.34. The average molecular weight is 535 g/mol. The van der Waals surface area contributed by atoms with Crippen LogP contribution in [0.2, 0.25) is 0 Å². The molecule has 4 rings (SSSR count). The summed E-state index contributed by atoms with van der Waals surface area (Å²) in [5, 5.41) is 3.23. The van der Waals surface area contributed by atoms with E-state index in [0.29, 0.717) is 41.1 Å². The molecule has 0 radical (unpaired) electrons. The number of furan rings is 1. The number of halogens is 1. The van der Waals surface area contributed by atoms with Gasteiger partial charge in [0.2, 0.25) is 5.71 Å². The average Bonchev–Trinajstić information content (AvgIpc) is 3.26. The molecule has 1 aliphatic heterocycles. The zero-order valence-electron chi connectivity index (χ0n) is 20.7. The van der Waals surface area contributed by atoms with Crippen LogP contribution in [0.3, 0.4) is 0 Å². The fourth-order valence-electron chi connectivity index (χ4n) is 4.12. The highest BCUT2D eigenvalue weighted by atomic mass is 32.2. The highest BCUT2D eigenvalue weighted by Crippen LogP contribution is 2.36. The van der Waals surface area contributed by atoms with Crippen molar-refractivity contribution in [1.82, 2.24) is 14.6 Å². The van der Waals surface area contributed by atoms with Gasteiger partial charge < -0.3 is 19.0 Å². The maximum absolute atomic E-state index is 13.5. The number of anilines is 1. The van der Waals surface area contributed by atoms with Gasteiger partial charge in [0, 0.05) is 31.5 Å². The molecule has 1 unspecified atom stereocenters. The number of nitrogens with zero attached hydrogens (tertiary/aromatic N) is 3. The summed E-state index contributed by atoms with van der Waals surface area (Å²) in [5.74, 6) is 1.11. The van der Waals surface area contributed by atoms with Gasteiger partial charge in [0.1, 0.15) is 17.8 Å². The molecule has 1 fully saturated rings. The zero-order chi connectivity index (χ0) is 25.7. The van der Waals surface area contributed by atoms with Crippen LogP contribution >= 0.6 is 11.9 Å². The van der Waals surface area contributed by atoms with E-state index in [1.807, 2.05) is 13.0 Å². The summed E-state index contributed by atoms with van der Waals surface area (Å²) in [7, 11) is 1.55. The van der Waals surface area contributed by atoms with Crippen molar-refractivity contribution in [3.05, 3.63) is 47.3 Å². The number of hydrogen-bond donors (Lipinski definition) is 1. The number of carbonyl (C=O) groups is 1. The summed E-state index contributed by atoms with van der Waals surface area (Å²) in [6.45, 7) is 5.90. The molecular formula is C25H31FN4O4S2. The minimum atomic E-state index is -1.30. The van der Waals surface area contributed by atoms with Crippen molar-refractivity contribution in [2.75, 3.05) is 56.2 Å². The molecule has 1 aromatic carbocycles. The van der Waals surface area contributed by atoms with Crippen molar-refractivity contribution in [2.24, 2.45) is 0 Å². The lowest BCUT2D eigenvalue weighted by Gasteiger charge is -2.27. The third-order valence-electron chi connectivity index (χ3n) is 5.98. The third kappa shape index (κ3) is 5.97. The lowest BCUT2D eigenvalue weighted by molar-refractivity contribution is 0.0773. The van der Waals surface area contributed by atoms with Crippen LogP contribution in [-0.2, 0) is 22.5 Å². The number of pyridine rings is 1. The number of carbonyl (C=O) groups excluding carboxylic acids is 1. The number of fused-ring (bicyclic) bond motifs is 1. The Kier molecular flexibility index (Phi) is 9.13. The lowest BCUT2D eigenvalue weighted by atomic mass is 10.0. The summed E-state index contributed by atoms with van der Waals surface area (Å²) in [6, 6.07) is 7.68. The van der Waals surface area contributed by atoms with Crippen LogP contribution in [0.25, 0.3) is 22.4 Å². The Balaban J connectivity index is 1.65. The number of benzene rings is 1. The molecule has 8 nitrogen and oxygen atoms in total. The first-order valence-corrected chi connectivity index (χ1v) is 14.4. The van der Waals surface area contributed by atoms with E-state index in [4.69, 9.17) is 14.1 Å². The third-order valence-corrected chi connectivity index (χ3v) is 8.15. The Hall–Kier alpha value is -2.31. The van der Waals surface area contributed by atoms with Crippen LogP contribution in [0.15, 0.2) is 34.7 Å². The van der Waals surface area contributed by atoms with E-state index in [1.165, 1.54) is 12.1 Å². The molecule has 1 N–H and O–H groups in total. The second kappa shape index (κ2) is 12.3. The second-order valence-electron chi connectivity index (χ2n) is 8.32. The van der Waals surface area contributed by atoms with Gasteiger partial charge in [-0.2, -0.15) is 9.29 Å². The summed E-state index contributed by atoms with van der Waals surface area (Å²) in [4.78, 5) is 17.6. The van der Waals surface area contributed by atoms with Crippen molar-refractivity contribution in [2.45, 2.75) is 19.8 Å². The number of morpholine rings is 1. The summed E-state index contributed by atoms with van der Waals surface area (Å²) >= 11 is 0.486. The Morgan fingerprint density at radius 1 is 1.31 bits per heavy atom. The monoisotopic (exact) mass is 534 g/mol. The summed E-state index contributed by atoms with van der Waals surface area (Å²) in [5.41, 5.74) is 2.07. The Morgan fingerprint density at radius 3 is 2.67 bits per heavy atom.